The summed E-state index contributed by atoms with van der Waals surface area (Å²) in [7, 11) is 1.69. The summed E-state index contributed by atoms with van der Waals surface area (Å²) in [6, 6.07) is 14.9. The van der Waals surface area contributed by atoms with Gasteiger partial charge in [0.2, 0.25) is 0 Å². The lowest BCUT2D eigenvalue weighted by Gasteiger charge is -2.19. The molecule has 98 valence electrons. The topological polar surface area (TPSA) is 12.5 Å². The molecule has 1 aliphatic rings. The van der Waals surface area contributed by atoms with E-state index in [1.165, 1.54) is 16.8 Å². The minimum absolute atomic E-state index is 0.880. The average Bonchev–Trinajstić information content (AvgIpc) is 2.83. The minimum atomic E-state index is 0.880. The van der Waals surface area contributed by atoms with Crippen LogP contribution in [0.3, 0.4) is 0 Å². The molecule has 0 N–H and O–H groups in total. The van der Waals surface area contributed by atoms with Gasteiger partial charge in [0.1, 0.15) is 5.75 Å². The third kappa shape index (κ3) is 2.47. The highest BCUT2D eigenvalue weighted by Gasteiger charge is 2.18. The number of para-hydroxylation sites is 1. The van der Waals surface area contributed by atoms with Crippen LogP contribution in [-0.4, -0.2) is 13.7 Å². The van der Waals surface area contributed by atoms with Gasteiger partial charge >= 0.3 is 0 Å². The summed E-state index contributed by atoms with van der Waals surface area (Å²) in [6.45, 7) is 2.04. The molecule has 0 bridgehead atoms. The third-order valence-corrected chi connectivity index (χ3v) is 4.19. The number of benzene rings is 2. The molecule has 0 saturated carbocycles. The first-order chi connectivity index (χ1) is 9.28. The highest BCUT2D eigenvalue weighted by Crippen LogP contribution is 2.31. The number of anilines is 1. The van der Waals surface area contributed by atoms with E-state index in [0.717, 1.165) is 29.7 Å². The van der Waals surface area contributed by atoms with Gasteiger partial charge in [0, 0.05) is 18.8 Å². The van der Waals surface area contributed by atoms with Gasteiger partial charge in [0.05, 0.1) is 11.6 Å². The first kappa shape index (κ1) is 12.5. The molecule has 0 unspecified atom stereocenters. The molecule has 2 aromatic rings. The Hall–Kier alpha value is -1.48. The van der Waals surface area contributed by atoms with Gasteiger partial charge in [-0.15, -0.1) is 0 Å². The van der Waals surface area contributed by atoms with E-state index < -0.39 is 0 Å². The Morgan fingerprint density at radius 3 is 2.84 bits per heavy atom. The van der Waals surface area contributed by atoms with E-state index >= 15 is 0 Å². The van der Waals surface area contributed by atoms with Crippen LogP contribution in [-0.2, 0) is 13.0 Å². The fourth-order valence-corrected chi connectivity index (χ4v) is 3.19. The van der Waals surface area contributed by atoms with Gasteiger partial charge in [-0.25, -0.2) is 0 Å². The molecule has 0 fully saturated rings. The molecular formula is C16H16BrNO. The van der Waals surface area contributed by atoms with Crippen molar-refractivity contribution in [2.75, 3.05) is 18.6 Å². The SMILES string of the molecule is COc1ccc(CN2CCc3ccccc32)cc1Br. The smallest absolute Gasteiger partial charge is 0.133 e. The zero-order valence-electron chi connectivity index (χ0n) is 10.9. The maximum atomic E-state index is 5.27. The largest absolute Gasteiger partial charge is 0.496 e. The van der Waals surface area contributed by atoms with Gasteiger partial charge in [-0.2, -0.15) is 0 Å². The van der Waals surface area contributed by atoms with E-state index in [9.17, 15) is 0 Å². The van der Waals surface area contributed by atoms with Crippen molar-refractivity contribution in [2.24, 2.45) is 0 Å². The van der Waals surface area contributed by atoms with Crippen molar-refractivity contribution in [3.63, 3.8) is 0 Å². The molecule has 2 nitrogen and oxygen atoms in total. The second kappa shape index (κ2) is 5.25. The van der Waals surface area contributed by atoms with Crippen LogP contribution in [0.2, 0.25) is 0 Å². The van der Waals surface area contributed by atoms with Crippen LogP contribution in [0.1, 0.15) is 11.1 Å². The Kier molecular flexibility index (Phi) is 3.47. The van der Waals surface area contributed by atoms with Gasteiger partial charge in [0.15, 0.2) is 0 Å². The Balaban J connectivity index is 1.81. The predicted octanol–water partition coefficient (Wildman–Crippen LogP) is 4.02. The average molecular weight is 318 g/mol. The Morgan fingerprint density at radius 2 is 2.05 bits per heavy atom. The molecule has 19 heavy (non-hydrogen) atoms. The Bertz CT molecular complexity index is 597. The third-order valence-electron chi connectivity index (χ3n) is 3.57. The molecule has 0 saturated heterocycles. The zero-order chi connectivity index (χ0) is 13.2. The monoisotopic (exact) mass is 317 g/mol. The van der Waals surface area contributed by atoms with Crippen LogP contribution in [0.25, 0.3) is 0 Å². The van der Waals surface area contributed by atoms with Gasteiger partial charge in [-0.05, 0) is 51.7 Å². The van der Waals surface area contributed by atoms with Gasteiger partial charge in [-0.3, -0.25) is 0 Å². The Labute approximate surface area is 122 Å². The standard InChI is InChI=1S/C16H16BrNO/c1-19-16-7-6-12(10-14(16)17)11-18-9-8-13-4-2-3-5-15(13)18/h2-7,10H,8-9,11H2,1H3. The number of nitrogens with zero attached hydrogens (tertiary/aromatic N) is 1. The van der Waals surface area contributed by atoms with Crippen molar-refractivity contribution in [3.05, 3.63) is 58.1 Å². The predicted molar refractivity (Wildman–Crippen MR) is 81.9 cm³/mol. The molecule has 0 atom stereocenters. The normalized spacial score (nSPS) is 13.5. The summed E-state index contributed by atoms with van der Waals surface area (Å²) in [6.07, 6.45) is 1.15. The van der Waals surface area contributed by atoms with E-state index in [-0.39, 0.29) is 0 Å². The van der Waals surface area contributed by atoms with Crippen molar-refractivity contribution < 1.29 is 4.74 Å². The Morgan fingerprint density at radius 1 is 1.21 bits per heavy atom. The number of ether oxygens (including phenoxy) is 1. The summed E-state index contributed by atoms with van der Waals surface area (Å²) in [5.74, 6) is 0.880. The molecular weight excluding hydrogens is 302 g/mol. The fraction of sp³-hybridized carbons (Fsp3) is 0.250. The van der Waals surface area contributed by atoms with E-state index in [0.29, 0.717) is 0 Å². The minimum Gasteiger partial charge on any atom is -0.496 e. The van der Waals surface area contributed by atoms with Crippen molar-refractivity contribution in [3.8, 4) is 5.75 Å². The summed E-state index contributed by atoms with van der Waals surface area (Å²) < 4.78 is 6.28. The van der Waals surface area contributed by atoms with E-state index in [1.54, 1.807) is 7.11 Å². The molecule has 0 aromatic heterocycles. The van der Waals surface area contributed by atoms with Crippen molar-refractivity contribution in [2.45, 2.75) is 13.0 Å². The fourth-order valence-electron chi connectivity index (χ4n) is 2.60. The number of hydrogen-bond donors (Lipinski definition) is 0. The molecule has 1 aliphatic heterocycles. The summed E-state index contributed by atoms with van der Waals surface area (Å²) in [4.78, 5) is 2.43. The summed E-state index contributed by atoms with van der Waals surface area (Å²) in [5.41, 5.74) is 4.12. The lowest BCUT2D eigenvalue weighted by atomic mass is 10.1. The van der Waals surface area contributed by atoms with Gasteiger partial charge < -0.3 is 9.64 Å². The molecule has 0 amide bonds. The van der Waals surface area contributed by atoms with Crippen molar-refractivity contribution >= 4 is 21.6 Å². The first-order valence-corrected chi connectivity index (χ1v) is 7.22. The highest BCUT2D eigenvalue weighted by molar-refractivity contribution is 9.10. The van der Waals surface area contributed by atoms with E-state index in [1.807, 2.05) is 6.07 Å². The van der Waals surface area contributed by atoms with Crippen LogP contribution in [0.15, 0.2) is 46.9 Å². The summed E-state index contributed by atoms with van der Waals surface area (Å²) >= 11 is 3.54. The lowest BCUT2D eigenvalue weighted by Crippen LogP contribution is -2.19. The summed E-state index contributed by atoms with van der Waals surface area (Å²) in [5, 5.41) is 0. The number of halogens is 1. The number of methoxy groups -OCH3 is 1. The molecule has 0 spiro atoms. The van der Waals surface area contributed by atoms with Crippen LogP contribution < -0.4 is 9.64 Å². The maximum absolute atomic E-state index is 5.27. The molecule has 2 aromatic carbocycles. The van der Waals surface area contributed by atoms with Crippen LogP contribution in [0, 0.1) is 0 Å². The second-order valence-electron chi connectivity index (χ2n) is 4.77. The number of fused-ring (bicyclic) bond motifs is 1. The quantitative estimate of drug-likeness (QED) is 0.847. The molecule has 0 aliphatic carbocycles. The van der Waals surface area contributed by atoms with E-state index in [4.69, 9.17) is 4.74 Å². The van der Waals surface area contributed by atoms with Crippen LogP contribution >= 0.6 is 15.9 Å². The van der Waals surface area contributed by atoms with Crippen LogP contribution in [0.4, 0.5) is 5.69 Å². The number of hydrogen-bond acceptors (Lipinski definition) is 2. The number of rotatable bonds is 3. The molecule has 3 heteroatoms. The molecule has 0 radical (unpaired) electrons. The van der Waals surface area contributed by atoms with Crippen LogP contribution in [0.5, 0.6) is 5.75 Å². The highest BCUT2D eigenvalue weighted by atomic mass is 79.9. The second-order valence-corrected chi connectivity index (χ2v) is 5.62. The molecule has 3 rings (SSSR count). The van der Waals surface area contributed by atoms with Gasteiger partial charge in [0.25, 0.3) is 0 Å². The van der Waals surface area contributed by atoms with Gasteiger partial charge in [-0.1, -0.05) is 24.3 Å². The van der Waals surface area contributed by atoms with E-state index in [2.05, 4.69) is 57.2 Å². The first-order valence-electron chi connectivity index (χ1n) is 6.43. The zero-order valence-corrected chi connectivity index (χ0v) is 12.5. The van der Waals surface area contributed by atoms with Crippen molar-refractivity contribution in [1.82, 2.24) is 0 Å². The molecule has 1 heterocycles. The lowest BCUT2D eigenvalue weighted by molar-refractivity contribution is 0.412. The van der Waals surface area contributed by atoms with Crippen molar-refractivity contribution in [1.29, 1.82) is 0 Å². The maximum Gasteiger partial charge on any atom is 0.133 e.